The summed E-state index contributed by atoms with van der Waals surface area (Å²) in [4.78, 5) is 58.4. The van der Waals surface area contributed by atoms with Gasteiger partial charge in [-0.05, 0) is 32.9 Å². The Morgan fingerprint density at radius 1 is 1.16 bits per heavy atom. The Morgan fingerprint density at radius 2 is 1.81 bits per heavy atom. The Morgan fingerprint density at radius 3 is 2.31 bits per heavy atom. The third kappa shape index (κ3) is 13.1. The van der Waals surface area contributed by atoms with Gasteiger partial charge >= 0.3 is 18.0 Å². The molecule has 0 bridgehead atoms. The molecule has 0 aliphatic heterocycles. The highest BCUT2D eigenvalue weighted by molar-refractivity contribution is 7.99. The maximum Gasteiger partial charge on any atom is 0.408 e. The fourth-order valence-corrected chi connectivity index (χ4v) is 3.38. The minimum absolute atomic E-state index is 0.0497. The number of hydrogen-bond acceptors (Lipinski definition) is 9. The van der Waals surface area contributed by atoms with E-state index in [1.165, 1.54) is 17.8 Å². The molecule has 0 heterocycles. The van der Waals surface area contributed by atoms with Crippen molar-refractivity contribution in [3.05, 3.63) is 12.7 Å². The number of aliphatic carboxylic acids is 1. The summed E-state index contributed by atoms with van der Waals surface area (Å²) in [6.45, 7) is 8.41. The number of rotatable bonds is 15. The molecule has 32 heavy (non-hydrogen) atoms. The molecular weight excluding hydrogens is 462 g/mol. The van der Waals surface area contributed by atoms with Crippen LogP contribution in [0.3, 0.4) is 0 Å². The minimum Gasteiger partial charge on any atom is -0.480 e. The van der Waals surface area contributed by atoms with Gasteiger partial charge in [-0.2, -0.15) is 24.4 Å². The zero-order valence-corrected chi connectivity index (χ0v) is 20.0. The molecule has 0 rings (SSSR count). The van der Waals surface area contributed by atoms with Gasteiger partial charge < -0.3 is 30.5 Å². The Labute approximate surface area is 196 Å². The van der Waals surface area contributed by atoms with Gasteiger partial charge in [0.1, 0.15) is 30.3 Å². The van der Waals surface area contributed by atoms with E-state index in [0.29, 0.717) is 6.41 Å². The first-order valence-electron chi connectivity index (χ1n) is 9.63. The van der Waals surface area contributed by atoms with Crippen LogP contribution in [0.25, 0.3) is 0 Å². The molecule has 0 aromatic carbocycles. The first kappa shape index (κ1) is 29.6. The summed E-state index contributed by atoms with van der Waals surface area (Å²) in [6.07, 6.45) is 0.972. The molecular formula is C19H31N3O8S2. The second-order valence-corrected chi connectivity index (χ2v) is 8.92. The van der Waals surface area contributed by atoms with Crippen molar-refractivity contribution < 1.29 is 38.6 Å². The van der Waals surface area contributed by atoms with E-state index in [0.717, 1.165) is 0 Å². The molecule has 13 heteroatoms. The summed E-state index contributed by atoms with van der Waals surface area (Å²) in [5.74, 6) is -2.27. The number of thiol groups is 1. The standard InChI is InChI=1S/C19H31N3O8S2/c1-5-7-29-17(27)12(6-8-32-10-14(16(25)26)20-11-23)21-15(24)13(9-31)22-18(28)30-19(2,3)4/h5,11-14,31H,1,6-10H2,2-4H3,(H,20,23)(H,21,24)(H,22,28)(H,25,26)/t12-,13-,14-/m0/s1. The molecule has 0 aliphatic rings. The van der Waals surface area contributed by atoms with Gasteiger partial charge in [-0.15, -0.1) is 0 Å². The smallest absolute Gasteiger partial charge is 0.408 e. The molecule has 0 saturated heterocycles. The number of nitrogens with one attached hydrogen (secondary N) is 3. The van der Waals surface area contributed by atoms with E-state index < -0.39 is 47.7 Å². The maximum absolute atomic E-state index is 12.6. The lowest BCUT2D eigenvalue weighted by Gasteiger charge is -2.24. The highest BCUT2D eigenvalue weighted by Gasteiger charge is 2.28. The van der Waals surface area contributed by atoms with Crippen LogP contribution in [0.2, 0.25) is 0 Å². The van der Waals surface area contributed by atoms with Crippen LogP contribution in [0.4, 0.5) is 4.79 Å². The number of amides is 3. The quantitative estimate of drug-likeness (QED) is 0.0713. The summed E-state index contributed by atoms with van der Waals surface area (Å²) in [5, 5.41) is 16.1. The number of esters is 1. The molecule has 182 valence electrons. The molecule has 0 spiro atoms. The summed E-state index contributed by atoms with van der Waals surface area (Å²) in [5.41, 5.74) is -0.761. The van der Waals surface area contributed by atoms with Gasteiger partial charge in [0.25, 0.3) is 0 Å². The number of hydrogen-bond donors (Lipinski definition) is 5. The van der Waals surface area contributed by atoms with Crippen molar-refractivity contribution in [3.8, 4) is 0 Å². The van der Waals surface area contributed by atoms with Crippen LogP contribution in [0.5, 0.6) is 0 Å². The van der Waals surface area contributed by atoms with E-state index in [1.54, 1.807) is 20.8 Å². The Kier molecular flexibility index (Phi) is 14.2. The third-order valence-corrected chi connectivity index (χ3v) is 5.00. The van der Waals surface area contributed by atoms with E-state index in [9.17, 15) is 24.0 Å². The highest BCUT2D eigenvalue weighted by Crippen LogP contribution is 2.10. The van der Waals surface area contributed by atoms with Gasteiger partial charge in [0.15, 0.2) is 0 Å². The summed E-state index contributed by atoms with van der Waals surface area (Å²) in [7, 11) is 0. The van der Waals surface area contributed by atoms with Crippen LogP contribution < -0.4 is 16.0 Å². The second kappa shape index (κ2) is 15.4. The maximum atomic E-state index is 12.6. The van der Waals surface area contributed by atoms with Gasteiger partial charge in [0.05, 0.1) is 0 Å². The Balaban J connectivity index is 5.00. The van der Waals surface area contributed by atoms with E-state index in [2.05, 4.69) is 35.2 Å². The summed E-state index contributed by atoms with van der Waals surface area (Å²) >= 11 is 5.23. The van der Waals surface area contributed by atoms with Crippen molar-refractivity contribution in [2.75, 3.05) is 23.9 Å². The van der Waals surface area contributed by atoms with Gasteiger partial charge in [0.2, 0.25) is 12.3 Å². The van der Waals surface area contributed by atoms with Crippen LogP contribution in [0.15, 0.2) is 12.7 Å². The van der Waals surface area contributed by atoms with Crippen LogP contribution in [-0.4, -0.2) is 83.0 Å². The predicted octanol–water partition coefficient (Wildman–Crippen LogP) is 0.346. The number of alkyl carbamates (subject to hydrolysis) is 1. The number of carboxylic acid groups (broad SMARTS) is 1. The summed E-state index contributed by atoms with van der Waals surface area (Å²) in [6, 6.07) is -3.20. The van der Waals surface area contributed by atoms with Gasteiger partial charge in [-0.1, -0.05) is 12.7 Å². The number of thioether (sulfide) groups is 1. The molecule has 0 aliphatic carbocycles. The number of ether oxygens (including phenoxy) is 2. The molecule has 0 saturated carbocycles. The van der Waals surface area contributed by atoms with Crippen LogP contribution in [0.1, 0.15) is 27.2 Å². The highest BCUT2D eigenvalue weighted by atomic mass is 32.2. The summed E-state index contributed by atoms with van der Waals surface area (Å²) < 4.78 is 10.1. The average molecular weight is 494 g/mol. The predicted molar refractivity (Wildman–Crippen MR) is 123 cm³/mol. The normalized spacial score (nSPS) is 13.6. The van der Waals surface area contributed by atoms with Gasteiger partial charge in [-0.3, -0.25) is 9.59 Å². The SMILES string of the molecule is C=CCOC(=O)[C@H](CCSC[C@H](NC=O)C(=O)O)NC(=O)[C@H](CS)NC(=O)OC(C)(C)C. The Bertz CT molecular complexity index is 669. The van der Waals surface area contributed by atoms with E-state index in [1.807, 2.05) is 0 Å². The lowest BCUT2D eigenvalue weighted by Crippen LogP contribution is -2.53. The van der Waals surface area contributed by atoms with E-state index in [4.69, 9.17) is 14.6 Å². The van der Waals surface area contributed by atoms with E-state index >= 15 is 0 Å². The van der Waals surface area contributed by atoms with Gasteiger partial charge in [0, 0.05) is 11.5 Å². The number of carboxylic acids is 1. The molecule has 0 fully saturated rings. The lowest BCUT2D eigenvalue weighted by molar-refractivity contribution is -0.147. The lowest BCUT2D eigenvalue weighted by atomic mass is 10.2. The topological polar surface area (TPSA) is 160 Å². The molecule has 3 atom stereocenters. The Hall–Kier alpha value is -2.41. The fourth-order valence-electron chi connectivity index (χ4n) is 2.08. The molecule has 4 N–H and O–H groups in total. The molecule has 11 nitrogen and oxygen atoms in total. The number of carbonyl (C=O) groups excluding carboxylic acids is 4. The van der Waals surface area contributed by atoms with Crippen molar-refractivity contribution in [1.29, 1.82) is 0 Å². The largest absolute Gasteiger partial charge is 0.480 e. The minimum atomic E-state index is -1.19. The van der Waals surface area contributed by atoms with Crippen molar-refractivity contribution in [2.24, 2.45) is 0 Å². The molecule has 0 aromatic heterocycles. The first-order valence-corrected chi connectivity index (χ1v) is 11.4. The second-order valence-electron chi connectivity index (χ2n) is 7.40. The molecule has 0 unspecified atom stereocenters. The number of carbonyl (C=O) groups is 5. The van der Waals surface area contributed by atoms with Crippen LogP contribution >= 0.6 is 24.4 Å². The van der Waals surface area contributed by atoms with Crippen molar-refractivity contribution in [1.82, 2.24) is 16.0 Å². The third-order valence-electron chi connectivity index (χ3n) is 3.54. The zero-order valence-electron chi connectivity index (χ0n) is 18.3. The molecule has 0 aromatic rings. The van der Waals surface area contributed by atoms with Crippen LogP contribution in [0, 0.1) is 0 Å². The zero-order chi connectivity index (χ0) is 24.7. The van der Waals surface area contributed by atoms with Crippen molar-refractivity contribution in [2.45, 2.75) is 50.9 Å². The van der Waals surface area contributed by atoms with Crippen molar-refractivity contribution in [3.63, 3.8) is 0 Å². The van der Waals surface area contributed by atoms with Gasteiger partial charge in [-0.25, -0.2) is 14.4 Å². The van der Waals surface area contributed by atoms with E-state index in [-0.39, 0.29) is 30.3 Å². The monoisotopic (exact) mass is 493 g/mol. The average Bonchev–Trinajstić information content (AvgIpc) is 2.69. The molecule has 0 radical (unpaired) electrons. The van der Waals surface area contributed by atoms with Crippen molar-refractivity contribution >= 4 is 54.7 Å². The fraction of sp³-hybridized carbons (Fsp3) is 0.632. The van der Waals surface area contributed by atoms with Crippen LogP contribution in [-0.2, 0) is 28.7 Å². The first-order chi connectivity index (χ1) is 14.9. The molecule has 3 amide bonds.